The van der Waals surface area contributed by atoms with Gasteiger partial charge in [-0.2, -0.15) is 0 Å². The molecule has 0 bridgehead atoms. The van der Waals surface area contributed by atoms with Crippen LogP contribution in [0.5, 0.6) is 0 Å². The molecule has 1 aromatic heterocycles. The molecule has 0 aliphatic carbocycles. The third-order valence-corrected chi connectivity index (χ3v) is 10.3. The Morgan fingerprint density at radius 2 is 0.704 bits per heavy atom. The fraction of sp³-hybridized carbons (Fsp3) is 0. The van der Waals surface area contributed by atoms with Gasteiger partial charge in [0.05, 0.1) is 0 Å². The van der Waals surface area contributed by atoms with Crippen LogP contribution in [0.2, 0.25) is 0 Å². The summed E-state index contributed by atoms with van der Waals surface area (Å²) in [7, 11) is 85.7. The summed E-state index contributed by atoms with van der Waals surface area (Å²) in [5, 5.41) is 2.33. The summed E-state index contributed by atoms with van der Waals surface area (Å²) >= 11 is 0. The van der Waals surface area contributed by atoms with Crippen molar-refractivity contribution >= 4 is 206 Å². The number of hydrogen-bond acceptors (Lipinski definition) is 1. The number of fused-ring (bicyclic) bond motifs is 3. The Balaban J connectivity index is 1.45. The smallest absolute Gasteiger partial charge is 0.135 e. The molecule has 8 aromatic rings. The van der Waals surface area contributed by atoms with Gasteiger partial charge in [0.15, 0.2) is 0 Å². The predicted molar refractivity (Wildman–Crippen MR) is 243 cm³/mol. The average Bonchev–Trinajstić information content (AvgIpc) is 3.62. The number of rotatable bonds is 4. The molecule has 14 heteroatoms. The van der Waals surface area contributed by atoms with E-state index in [1.165, 1.54) is 0 Å². The fourth-order valence-electron chi connectivity index (χ4n) is 7.40. The van der Waals surface area contributed by atoms with Crippen molar-refractivity contribution in [3.05, 3.63) is 78.9 Å². The second kappa shape index (κ2) is 13.3. The molecule has 0 unspecified atom stereocenters. The monoisotopic (exact) mass is 652 g/mol. The summed E-state index contributed by atoms with van der Waals surface area (Å²) in [5.41, 5.74) is 5.78. The topological polar surface area (TPSA) is 13.1 Å². The Morgan fingerprint density at radius 1 is 0.296 bits per heavy atom. The van der Waals surface area contributed by atoms with Gasteiger partial charge in [-0.25, -0.2) is 0 Å². The number of benzene rings is 7. The quantitative estimate of drug-likeness (QED) is 0.139. The standard InChI is InChI=1S/C40H13B13O/c41-28-23-21(16-8-6-14(7-9-16)17-10-11-19-18(12-17)13-20(54-19)15-4-2-1-3-5-15)24-26(31(44)37(50)35(48)29(24)42)22(25(23)30(43)36(49)34(28)47)27-32(45)38(51)40(53)39(52)33(27)46/h1-13H. The van der Waals surface area contributed by atoms with Crippen molar-refractivity contribution in [2.75, 3.05) is 0 Å². The van der Waals surface area contributed by atoms with E-state index in [9.17, 15) is 0 Å². The highest BCUT2D eigenvalue weighted by Crippen LogP contribution is 2.40. The highest BCUT2D eigenvalue weighted by molar-refractivity contribution is 6.73. The minimum Gasteiger partial charge on any atom is -0.456 e. The van der Waals surface area contributed by atoms with Gasteiger partial charge in [-0.15, -0.1) is 38.2 Å². The highest BCUT2D eigenvalue weighted by atomic mass is 16.3. The lowest BCUT2D eigenvalue weighted by Gasteiger charge is -2.31. The van der Waals surface area contributed by atoms with Crippen LogP contribution in [0.3, 0.4) is 0 Å². The van der Waals surface area contributed by atoms with Crippen LogP contribution in [-0.4, -0.2) is 102 Å². The summed E-state index contributed by atoms with van der Waals surface area (Å²) in [4.78, 5) is 0. The van der Waals surface area contributed by atoms with Gasteiger partial charge < -0.3 is 4.42 Å². The first kappa shape index (κ1) is 36.4. The zero-order valence-electron chi connectivity index (χ0n) is 28.9. The first-order valence-corrected chi connectivity index (χ1v) is 16.7. The van der Waals surface area contributed by atoms with E-state index in [0.29, 0.717) is 32.7 Å². The Bertz CT molecular complexity index is 2790. The van der Waals surface area contributed by atoms with E-state index < -0.39 is 0 Å². The van der Waals surface area contributed by atoms with Crippen molar-refractivity contribution in [1.29, 1.82) is 0 Å². The first-order chi connectivity index (χ1) is 25.7. The molecular weight excluding hydrogens is 637 g/mol. The van der Waals surface area contributed by atoms with Crippen LogP contribution in [0.1, 0.15) is 0 Å². The van der Waals surface area contributed by atoms with Crippen LogP contribution in [0, 0.1) is 0 Å². The second-order valence-corrected chi connectivity index (χ2v) is 13.3. The summed E-state index contributed by atoms with van der Waals surface area (Å²) in [6, 6.07) is 25.8. The Morgan fingerprint density at radius 3 is 1.20 bits per heavy atom. The van der Waals surface area contributed by atoms with E-state index in [4.69, 9.17) is 106 Å². The molecule has 0 fully saturated rings. The van der Waals surface area contributed by atoms with E-state index in [0.717, 1.165) is 33.4 Å². The van der Waals surface area contributed by atoms with E-state index in [1.54, 1.807) is 0 Å². The van der Waals surface area contributed by atoms with E-state index in [2.05, 4.69) is 6.07 Å². The first-order valence-electron chi connectivity index (χ1n) is 16.7. The van der Waals surface area contributed by atoms with Crippen molar-refractivity contribution in [3.8, 4) is 44.7 Å². The molecule has 54 heavy (non-hydrogen) atoms. The van der Waals surface area contributed by atoms with Gasteiger partial charge in [-0.1, -0.05) is 93.4 Å². The molecule has 0 spiro atoms. The summed E-state index contributed by atoms with van der Waals surface area (Å²) in [6.07, 6.45) is 0. The van der Waals surface area contributed by atoms with Crippen LogP contribution in [-0.2, 0) is 0 Å². The van der Waals surface area contributed by atoms with Gasteiger partial charge >= 0.3 is 0 Å². The minimum absolute atomic E-state index is 0.00567. The summed E-state index contributed by atoms with van der Waals surface area (Å²) < 4.78 is 6.14. The second-order valence-electron chi connectivity index (χ2n) is 13.3. The zero-order chi connectivity index (χ0) is 38.5. The third kappa shape index (κ3) is 5.34. The van der Waals surface area contributed by atoms with Gasteiger partial charge in [0.1, 0.15) is 113 Å². The van der Waals surface area contributed by atoms with Gasteiger partial charge in [0.25, 0.3) is 0 Å². The maximum absolute atomic E-state index is 6.87. The van der Waals surface area contributed by atoms with Gasteiger partial charge in [-0.05, 0) is 73.1 Å². The molecule has 0 aliphatic heterocycles. The molecule has 0 amide bonds. The maximum Gasteiger partial charge on any atom is 0.135 e. The average molecular weight is 650 g/mol. The number of hydrogen-bond donors (Lipinski definition) is 0. The minimum atomic E-state index is -0.00696. The molecule has 8 rings (SSSR count). The van der Waals surface area contributed by atoms with Crippen molar-refractivity contribution in [2.24, 2.45) is 0 Å². The van der Waals surface area contributed by atoms with Gasteiger partial charge in [-0.3, -0.25) is 0 Å². The molecule has 26 radical (unpaired) electrons. The lowest BCUT2D eigenvalue weighted by molar-refractivity contribution is 0.631. The molecule has 0 saturated heterocycles. The molecule has 0 saturated carbocycles. The predicted octanol–water partition coefficient (Wildman–Crippen LogP) is -4.27. The maximum atomic E-state index is 6.87. The molecule has 0 N–H and O–H groups in total. The van der Waals surface area contributed by atoms with Crippen LogP contribution in [0.25, 0.3) is 77.2 Å². The molecule has 218 valence electrons. The van der Waals surface area contributed by atoms with Gasteiger partial charge in [0.2, 0.25) is 0 Å². The fourth-order valence-corrected chi connectivity index (χ4v) is 7.40. The van der Waals surface area contributed by atoms with Crippen molar-refractivity contribution < 1.29 is 4.42 Å². The summed E-state index contributed by atoms with van der Waals surface area (Å²) in [5.74, 6) is 0.779. The lowest BCUT2D eigenvalue weighted by atomic mass is 9.56. The van der Waals surface area contributed by atoms with E-state index >= 15 is 0 Å². The highest BCUT2D eigenvalue weighted by Gasteiger charge is 2.26. The van der Waals surface area contributed by atoms with Crippen LogP contribution >= 0.6 is 0 Å². The Hall–Kier alpha value is -4.56. The van der Waals surface area contributed by atoms with E-state index in [1.807, 2.05) is 72.8 Å². The van der Waals surface area contributed by atoms with E-state index in [-0.39, 0.29) is 82.1 Å². The normalized spacial score (nSPS) is 11.6. The SMILES string of the molecule is [B]c1c([B])c([B])c(-c2c3c([B])c([B])c([B])c([B])c3c(-c3ccc(-c4ccc5oc(-c6ccccc6)cc5c4)cc3)c3c([B])c([B])c([B])c([B])c23)c([B])c1[B]. The molecule has 7 aromatic carbocycles. The van der Waals surface area contributed by atoms with Crippen molar-refractivity contribution in [1.82, 2.24) is 0 Å². The molecule has 1 nitrogen and oxygen atoms in total. The molecule has 1 heterocycles. The summed E-state index contributed by atoms with van der Waals surface area (Å²) in [6.45, 7) is 0. The zero-order valence-corrected chi connectivity index (χ0v) is 28.9. The molecule has 0 atom stereocenters. The molecular formula is C40H13B13O. The third-order valence-electron chi connectivity index (χ3n) is 10.3. The van der Waals surface area contributed by atoms with Gasteiger partial charge in [0, 0.05) is 10.9 Å². The lowest BCUT2D eigenvalue weighted by Crippen LogP contribution is -2.55. The Labute approximate surface area is 331 Å². The van der Waals surface area contributed by atoms with Crippen LogP contribution in [0.4, 0.5) is 0 Å². The number of furan rings is 1. The Kier molecular flexibility index (Phi) is 8.99. The molecule has 0 aliphatic rings. The van der Waals surface area contributed by atoms with Crippen molar-refractivity contribution in [3.63, 3.8) is 0 Å². The van der Waals surface area contributed by atoms with Crippen LogP contribution < -0.4 is 71.0 Å². The van der Waals surface area contributed by atoms with Crippen molar-refractivity contribution in [2.45, 2.75) is 0 Å². The largest absolute Gasteiger partial charge is 0.456 e. The van der Waals surface area contributed by atoms with Crippen LogP contribution in [0.15, 0.2) is 83.3 Å².